The third kappa shape index (κ3) is 5.06. The van der Waals surface area contributed by atoms with Crippen LogP contribution in [0, 0.1) is 0 Å². The van der Waals surface area contributed by atoms with Crippen molar-refractivity contribution in [2.75, 3.05) is 0 Å². The van der Waals surface area contributed by atoms with Gasteiger partial charge >= 0.3 is 0 Å². The maximum absolute atomic E-state index is 12.2. The molecule has 136 valence electrons. The number of amides is 1. The monoisotopic (exact) mass is 375 g/mol. The van der Waals surface area contributed by atoms with Crippen LogP contribution >= 0.6 is 11.6 Å². The van der Waals surface area contributed by atoms with Gasteiger partial charge in [0.1, 0.15) is 12.4 Å². The van der Waals surface area contributed by atoms with E-state index in [2.05, 4.69) is 20.6 Å². The number of ether oxygens (including phenoxy) is 1. The number of carbonyl (C=O) groups is 1. The molecule has 26 heavy (non-hydrogen) atoms. The van der Waals surface area contributed by atoms with E-state index in [4.69, 9.17) is 20.9 Å². The normalized spacial score (nSPS) is 11.9. The molecule has 0 aliphatic carbocycles. The number of aromatic nitrogens is 4. The molecule has 0 saturated carbocycles. The Kier molecular flexibility index (Phi) is 5.85. The Morgan fingerprint density at radius 2 is 2.31 bits per heavy atom. The molecule has 9 heteroatoms. The highest BCUT2D eigenvalue weighted by atomic mass is 35.5. The lowest BCUT2D eigenvalue weighted by molar-refractivity contribution is 0.0928. The number of aryl methyl sites for hydroxylation is 1. The van der Waals surface area contributed by atoms with Crippen LogP contribution in [0.25, 0.3) is 0 Å². The number of nitrogens with zero attached hydrogens (tertiary/aromatic N) is 4. The van der Waals surface area contributed by atoms with Crippen molar-refractivity contribution in [3.63, 3.8) is 0 Å². The molecule has 0 unspecified atom stereocenters. The zero-order valence-corrected chi connectivity index (χ0v) is 14.9. The molecule has 0 bridgehead atoms. The Labute approximate surface area is 155 Å². The molecule has 3 rings (SSSR count). The van der Waals surface area contributed by atoms with E-state index < -0.39 is 0 Å². The summed E-state index contributed by atoms with van der Waals surface area (Å²) >= 11 is 5.84. The molecule has 0 radical (unpaired) electrons. The standard InChI is InChI=1S/C17H18ClN5O3/c1-12(3-6-23-5-2-4-20-23)21-17(24)16-8-15(26-22-16)11-25-14-7-13(18)9-19-10-14/h2,4-5,7-10,12H,3,6,11H2,1H3,(H,21,24)/t12-/m0/s1. The van der Waals surface area contributed by atoms with Gasteiger partial charge in [-0.1, -0.05) is 16.8 Å². The van der Waals surface area contributed by atoms with Crippen molar-refractivity contribution >= 4 is 17.5 Å². The van der Waals surface area contributed by atoms with Crippen LogP contribution in [0.1, 0.15) is 29.6 Å². The summed E-state index contributed by atoms with van der Waals surface area (Å²) in [6.07, 6.45) is 7.41. The van der Waals surface area contributed by atoms with Gasteiger partial charge in [0, 0.05) is 43.3 Å². The van der Waals surface area contributed by atoms with Crippen molar-refractivity contribution in [2.45, 2.75) is 32.5 Å². The smallest absolute Gasteiger partial charge is 0.273 e. The number of rotatable bonds is 8. The van der Waals surface area contributed by atoms with Gasteiger partial charge < -0.3 is 14.6 Å². The first-order chi connectivity index (χ1) is 12.6. The lowest BCUT2D eigenvalue weighted by atomic mass is 10.2. The second-order valence-corrected chi connectivity index (χ2v) is 6.17. The highest BCUT2D eigenvalue weighted by Crippen LogP contribution is 2.17. The molecule has 8 nitrogen and oxygen atoms in total. The summed E-state index contributed by atoms with van der Waals surface area (Å²) in [7, 11) is 0. The average Bonchev–Trinajstić information content (AvgIpc) is 3.30. The summed E-state index contributed by atoms with van der Waals surface area (Å²) in [5.74, 6) is 0.642. The molecule has 1 amide bonds. The molecule has 0 fully saturated rings. The van der Waals surface area contributed by atoms with E-state index in [-0.39, 0.29) is 24.2 Å². The minimum absolute atomic E-state index is 0.0272. The van der Waals surface area contributed by atoms with Crippen LogP contribution in [0.5, 0.6) is 5.75 Å². The molecule has 0 spiro atoms. The van der Waals surface area contributed by atoms with Gasteiger partial charge in [0.2, 0.25) is 0 Å². The Hall–Kier alpha value is -2.87. The first kappa shape index (κ1) is 17.9. The van der Waals surface area contributed by atoms with Crippen LogP contribution in [-0.4, -0.2) is 31.9 Å². The van der Waals surface area contributed by atoms with Crippen molar-refractivity contribution in [2.24, 2.45) is 0 Å². The van der Waals surface area contributed by atoms with E-state index in [1.54, 1.807) is 18.3 Å². The van der Waals surface area contributed by atoms with E-state index in [9.17, 15) is 4.79 Å². The number of pyridine rings is 1. The zero-order valence-electron chi connectivity index (χ0n) is 14.1. The van der Waals surface area contributed by atoms with Gasteiger partial charge in [-0.15, -0.1) is 0 Å². The minimum Gasteiger partial charge on any atom is -0.484 e. The van der Waals surface area contributed by atoms with E-state index in [1.165, 1.54) is 12.4 Å². The van der Waals surface area contributed by atoms with Crippen molar-refractivity contribution in [3.8, 4) is 5.75 Å². The van der Waals surface area contributed by atoms with E-state index in [0.717, 1.165) is 13.0 Å². The van der Waals surface area contributed by atoms with E-state index in [0.29, 0.717) is 16.5 Å². The number of hydrogen-bond donors (Lipinski definition) is 1. The molecule has 1 atom stereocenters. The lowest BCUT2D eigenvalue weighted by Crippen LogP contribution is -2.33. The summed E-state index contributed by atoms with van der Waals surface area (Å²) in [6, 6.07) is 5.02. The molecule has 0 aromatic carbocycles. The molecular formula is C17H18ClN5O3. The van der Waals surface area contributed by atoms with Gasteiger partial charge in [-0.2, -0.15) is 5.10 Å². The van der Waals surface area contributed by atoms with Crippen molar-refractivity contribution in [1.82, 2.24) is 25.2 Å². The molecule has 0 aliphatic rings. The maximum atomic E-state index is 12.2. The topological polar surface area (TPSA) is 95.1 Å². The summed E-state index contributed by atoms with van der Waals surface area (Å²) in [4.78, 5) is 16.1. The summed E-state index contributed by atoms with van der Waals surface area (Å²) in [5.41, 5.74) is 0.207. The Morgan fingerprint density at radius 1 is 1.42 bits per heavy atom. The summed E-state index contributed by atoms with van der Waals surface area (Å²) < 4.78 is 12.5. The first-order valence-corrected chi connectivity index (χ1v) is 8.45. The van der Waals surface area contributed by atoms with Crippen molar-refractivity contribution in [3.05, 3.63) is 59.5 Å². The fourth-order valence-corrected chi connectivity index (χ4v) is 2.41. The fraction of sp³-hybridized carbons (Fsp3) is 0.294. The van der Waals surface area contributed by atoms with E-state index >= 15 is 0 Å². The van der Waals surface area contributed by atoms with Crippen LogP contribution in [0.2, 0.25) is 5.02 Å². The summed E-state index contributed by atoms with van der Waals surface area (Å²) in [5, 5.41) is 11.3. The fourth-order valence-electron chi connectivity index (χ4n) is 2.24. The van der Waals surface area contributed by atoms with Gasteiger partial charge in [0.15, 0.2) is 11.5 Å². The second-order valence-electron chi connectivity index (χ2n) is 5.74. The molecule has 1 N–H and O–H groups in total. The van der Waals surface area contributed by atoms with Crippen LogP contribution in [-0.2, 0) is 13.2 Å². The molecule has 3 aromatic rings. The molecule has 0 saturated heterocycles. The van der Waals surface area contributed by atoms with Crippen LogP contribution in [0.3, 0.4) is 0 Å². The number of carbonyl (C=O) groups excluding carboxylic acids is 1. The number of hydrogen-bond acceptors (Lipinski definition) is 6. The molecule has 0 aliphatic heterocycles. The Balaban J connectivity index is 1.47. The number of nitrogens with one attached hydrogen (secondary N) is 1. The van der Waals surface area contributed by atoms with Gasteiger partial charge in [0.25, 0.3) is 5.91 Å². The van der Waals surface area contributed by atoms with Gasteiger partial charge in [0.05, 0.1) is 11.2 Å². The van der Waals surface area contributed by atoms with Crippen molar-refractivity contribution in [1.29, 1.82) is 0 Å². The molecule has 3 aromatic heterocycles. The van der Waals surface area contributed by atoms with Gasteiger partial charge in [-0.3, -0.25) is 14.5 Å². The SMILES string of the molecule is C[C@@H](CCn1cccn1)NC(=O)c1cc(COc2cncc(Cl)c2)on1. The van der Waals surface area contributed by atoms with E-state index in [1.807, 2.05) is 23.9 Å². The van der Waals surface area contributed by atoms with Crippen LogP contribution in [0.4, 0.5) is 0 Å². The largest absolute Gasteiger partial charge is 0.484 e. The predicted molar refractivity (Wildman–Crippen MR) is 93.9 cm³/mol. The number of halogens is 1. The highest BCUT2D eigenvalue weighted by Gasteiger charge is 2.15. The average molecular weight is 376 g/mol. The quantitative estimate of drug-likeness (QED) is 0.650. The van der Waals surface area contributed by atoms with Crippen molar-refractivity contribution < 1.29 is 14.1 Å². The van der Waals surface area contributed by atoms with Gasteiger partial charge in [-0.05, 0) is 19.4 Å². The highest BCUT2D eigenvalue weighted by molar-refractivity contribution is 6.30. The third-order valence-corrected chi connectivity index (χ3v) is 3.79. The van der Waals surface area contributed by atoms with Crippen LogP contribution in [0.15, 0.2) is 47.5 Å². The second kappa shape index (κ2) is 8.48. The van der Waals surface area contributed by atoms with Gasteiger partial charge in [-0.25, -0.2) is 0 Å². The lowest BCUT2D eigenvalue weighted by Gasteiger charge is -2.12. The summed E-state index contributed by atoms with van der Waals surface area (Å²) in [6.45, 7) is 2.77. The Morgan fingerprint density at radius 3 is 3.08 bits per heavy atom. The Bertz CT molecular complexity index is 850. The molecule has 3 heterocycles. The first-order valence-electron chi connectivity index (χ1n) is 8.07. The molecular weight excluding hydrogens is 358 g/mol. The zero-order chi connectivity index (χ0) is 18.4. The third-order valence-electron chi connectivity index (χ3n) is 3.58. The predicted octanol–water partition coefficient (Wildman–Crippen LogP) is 2.71. The minimum atomic E-state index is -0.294. The van der Waals surface area contributed by atoms with Crippen LogP contribution < -0.4 is 10.1 Å². The maximum Gasteiger partial charge on any atom is 0.273 e.